The maximum Gasteiger partial charge on any atom is 0.256 e. The van der Waals surface area contributed by atoms with Crippen LogP contribution in [0.15, 0.2) is 42.6 Å². The number of rotatable bonds is 3. The minimum Gasteiger partial charge on any atom is -0.391 e. The zero-order valence-electron chi connectivity index (χ0n) is 13.7. The molecule has 24 heavy (non-hydrogen) atoms. The van der Waals surface area contributed by atoms with Crippen molar-refractivity contribution in [2.45, 2.75) is 18.6 Å². The van der Waals surface area contributed by atoms with Crippen molar-refractivity contribution >= 4 is 11.7 Å². The molecule has 1 amide bonds. The summed E-state index contributed by atoms with van der Waals surface area (Å²) in [5, 5.41) is 10.0. The maximum absolute atomic E-state index is 13.5. The van der Waals surface area contributed by atoms with Gasteiger partial charge in [-0.2, -0.15) is 0 Å². The molecule has 2 aromatic rings. The Bertz CT molecular complexity index is 733. The van der Waals surface area contributed by atoms with Gasteiger partial charge in [0.15, 0.2) is 0 Å². The van der Waals surface area contributed by atoms with E-state index in [-0.39, 0.29) is 24.3 Å². The fourth-order valence-corrected chi connectivity index (χ4v) is 3.01. The Balaban J connectivity index is 1.86. The average Bonchev–Trinajstić information content (AvgIpc) is 2.96. The van der Waals surface area contributed by atoms with Crippen molar-refractivity contribution in [3.8, 4) is 0 Å². The maximum atomic E-state index is 13.5. The van der Waals surface area contributed by atoms with E-state index in [2.05, 4.69) is 4.98 Å². The molecule has 2 atom stereocenters. The number of aromatic nitrogens is 1. The van der Waals surface area contributed by atoms with Crippen molar-refractivity contribution < 1.29 is 14.3 Å². The van der Waals surface area contributed by atoms with Gasteiger partial charge in [0.1, 0.15) is 11.6 Å². The molecule has 126 valence electrons. The van der Waals surface area contributed by atoms with Crippen LogP contribution in [0.4, 0.5) is 10.2 Å². The first-order valence-electron chi connectivity index (χ1n) is 7.83. The van der Waals surface area contributed by atoms with Crippen molar-refractivity contribution in [3.05, 3.63) is 59.5 Å². The van der Waals surface area contributed by atoms with Crippen molar-refractivity contribution in [1.29, 1.82) is 0 Å². The summed E-state index contributed by atoms with van der Waals surface area (Å²) < 4.78 is 13.5. The Labute approximate surface area is 140 Å². The molecule has 0 aliphatic carbocycles. The van der Waals surface area contributed by atoms with Gasteiger partial charge in [0.25, 0.3) is 5.91 Å². The van der Waals surface area contributed by atoms with Crippen LogP contribution >= 0.6 is 0 Å². The average molecular weight is 329 g/mol. The van der Waals surface area contributed by atoms with Crippen LogP contribution in [0.1, 0.15) is 28.4 Å². The predicted octanol–water partition coefficient (Wildman–Crippen LogP) is 2.23. The highest BCUT2D eigenvalue weighted by molar-refractivity contribution is 5.94. The van der Waals surface area contributed by atoms with E-state index in [0.29, 0.717) is 17.5 Å². The Morgan fingerprint density at radius 2 is 2.12 bits per heavy atom. The second-order valence-electron chi connectivity index (χ2n) is 6.22. The number of benzene rings is 1. The molecule has 6 heteroatoms. The fourth-order valence-electron chi connectivity index (χ4n) is 3.01. The molecule has 2 heterocycles. The quantitative estimate of drug-likeness (QED) is 0.938. The number of pyridine rings is 1. The Hall–Kier alpha value is -2.47. The highest BCUT2D eigenvalue weighted by Gasteiger charge is 2.36. The van der Waals surface area contributed by atoms with Gasteiger partial charge in [0.05, 0.1) is 17.7 Å². The molecule has 1 saturated heterocycles. The third-order valence-electron chi connectivity index (χ3n) is 4.23. The number of carbonyl (C=O) groups is 1. The van der Waals surface area contributed by atoms with E-state index in [1.165, 1.54) is 18.3 Å². The monoisotopic (exact) mass is 329 g/mol. The first-order chi connectivity index (χ1) is 11.5. The molecule has 0 radical (unpaired) electrons. The van der Waals surface area contributed by atoms with Crippen LogP contribution in [0, 0.1) is 5.82 Å². The van der Waals surface area contributed by atoms with Gasteiger partial charge in [-0.3, -0.25) is 4.79 Å². The number of nitrogens with zero attached hydrogens (tertiary/aromatic N) is 3. The molecular weight excluding hydrogens is 309 g/mol. The molecular formula is C18H20FN3O2. The first kappa shape index (κ1) is 16.4. The van der Waals surface area contributed by atoms with Gasteiger partial charge in [-0.1, -0.05) is 12.1 Å². The summed E-state index contributed by atoms with van der Waals surface area (Å²) in [5.41, 5.74) is 1.15. The SMILES string of the molecule is CN(C)c1ccc(C(=O)N2C[C@H](O)C[C@H]2c2cccc(F)c2)cn1. The Kier molecular flexibility index (Phi) is 4.49. The van der Waals surface area contributed by atoms with Crippen LogP contribution in [-0.4, -0.2) is 47.6 Å². The minimum absolute atomic E-state index is 0.210. The van der Waals surface area contributed by atoms with Crippen molar-refractivity contribution in [1.82, 2.24) is 9.88 Å². The van der Waals surface area contributed by atoms with E-state index in [0.717, 1.165) is 5.82 Å². The highest BCUT2D eigenvalue weighted by atomic mass is 19.1. The smallest absolute Gasteiger partial charge is 0.256 e. The van der Waals surface area contributed by atoms with E-state index >= 15 is 0 Å². The van der Waals surface area contributed by atoms with Crippen LogP contribution in [0.3, 0.4) is 0 Å². The molecule has 1 aliphatic heterocycles. The Morgan fingerprint density at radius 1 is 1.33 bits per heavy atom. The summed E-state index contributed by atoms with van der Waals surface area (Å²) in [4.78, 5) is 20.5. The van der Waals surface area contributed by atoms with Gasteiger partial charge >= 0.3 is 0 Å². The van der Waals surface area contributed by atoms with Crippen LogP contribution < -0.4 is 4.90 Å². The van der Waals surface area contributed by atoms with Gasteiger partial charge in [0.2, 0.25) is 0 Å². The number of hydrogen-bond acceptors (Lipinski definition) is 4. The predicted molar refractivity (Wildman–Crippen MR) is 89.4 cm³/mol. The highest BCUT2D eigenvalue weighted by Crippen LogP contribution is 2.33. The standard InChI is InChI=1S/C18H20FN3O2/c1-21(2)17-7-6-13(10-20-17)18(24)22-11-15(23)9-16(22)12-4-3-5-14(19)8-12/h3-8,10,15-16,23H,9,11H2,1-2H3/t15-,16+/m1/s1. The van der Waals surface area contributed by atoms with Gasteiger partial charge in [-0.05, 0) is 36.2 Å². The van der Waals surface area contributed by atoms with Crippen molar-refractivity contribution in [2.75, 3.05) is 25.5 Å². The second kappa shape index (κ2) is 6.57. The topological polar surface area (TPSA) is 56.7 Å². The van der Waals surface area contributed by atoms with Crippen LogP contribution in [-0.2, 0) is 0 Å². The minimum atomic E-state index is -0.615. The molecule has 5 nitrogen and oxygen atoms in total. The number of aliphatic hydroxyl groups excluding tert-OH is 1. The number of β-amino-alcohol motifs (C(OH)–C–C–N with tert-alkyl or cyclic N) is 1. The van der Waals surface area contributed by atoms with E-state index in [1.807, 2.05) is 19.0 Å². The fraction of sp³-hybridized carbons (Fsp3) is 0.333. The number of halogens is 1. The molecule has 0 saturated carbocycles. The van der Waals surface area contributed by atoms with Gasteiger partial charge in [-0.15, -0.1) is 0 Å². The first-order valence-corrected chi connectivity index (χ1v) is 7.83. The second-order valence-corrected chi connectivity index (χ2v) is 6.22. The van der Waals surface area contributed by atoms with Crippen LogP contribution in [0.5, 0.6) is 0 Å². The molecule has 1 N–H and O–H groups in total. The number of carbonyl (C=O) groups excluding carboxylic acids is 1. The zero-order valence-corrected chi connectivity index (χ0v) is 13.7. The molecule has 0 bridgehead atoms. The molecule has 3 rings (SSSR count). The van der Waals surface area contributed by atoms with Crippen molar-refractivity contribution in [2.24, 2.45) is 0 Å². The lowest BCUT2D eigenvalue weighted by atomic mass is 10.0. The van der Waals surface area contributed by atoms with E-state index in [4.69, 9.17) is 0 Å². The summed E-state index contributed by atoms with van der Waals surface area (Å²) in [6.07, 6.45) is 1.32. The molecule has 1 fully saturated rings. The number of amides is 1. The number of anilines is 1. The lowest BCUT2D eigenvalue weighted by molar-refractivity contribution is 0.0715. The summed E-state index contributed by atoms with van der Waals surface area (Å²) >= 11 is 0. The largest absolute Gasteiger partial charge is 0.391 e. The van der Waals surface area contributed by atoms with Crippen LogP contribution in [0.25, 0.3) is 0 Å². The number of hydrogen-bond donors (Lipinski definition) is 1. The number of likely N-dealkylation sites (tertiary alicyclic amines) is 1. The lowest BCUT2D eigenvalue weighted by Crippen LogP contribution is -2.32. The molecule has 0 unspecified atom stereocenters. The molecule has 1 aromatic carbocycles. The molecule has 1 aromatic heterocycles. The van der Waals surface area contributed by atoms with E-state index in [1.54, 1.807) is 29.2 Å². The van der Waals surface area contributed by atoms with Gasteiger partial charge in [0, 0.05) is 26.8 Å². The zero-order chi connectivity index (χ0) is 17.3. The third-order valence-corrected chi connectivity index (χ3v) is 4.23. The van der Waals surface area contributed by atoms with E-state index < -0.39 is 6.10 Å². The van der Waals surface area contributed by atoms with Crippen LogP contribution in [0.2, 0.25) is 0 Å². The lowest BCUT2D eigenvalue weighted by Gasteiger charge is -2.25. The number of aliphatic hydroxyl groups is 1. The normalized spacial score (nSPS) is 20.2. The molecule has 1 aliphatic rings. The summed E-state index contributed by atoms with van der Waals surface area (Å²) in [7, 11) is 3.75. The summed E-state index contributed by atoms with van der Waals surface area (Å²) in [6.45, 7) is 0.232. The van der Waals surface area contributed by atoms with Gasteiger partial charge < -0.3 is 14.9 Å². The van der Waals surface area contributed by atoms with Gasteiger partial charge in [-0.25, -0.2) is 9.37 Å². The van der Waals surface area contributed by atoms with E-state index in [9.17, 15) is 14.3 Å². The van der Waals surface area contributed by atoms with Crippen molar-refractivity contribution in [3.63, 3.8) is 0 Å². The Morgan fingerprint density at radius 3 is 2.75 bits per heavy atom. The third kappa shape index (κ3) is 3.23. The summed E-state index contributed by atoms with van der Waals surface area (Å²) in [5.74, 6) is 0.201. The molecule has 0 spiro atoms. The summed E-state index contributed by atoms with van der Waals surface area (Å²) in [6, 6.07) is 9.33.